The number of fused-ring (bicyclic) bond motifs is 1. The maximum Gasteiger partial charge on any atom is 0.358 e. The lowest BCUT2D eigenvalue weighted by molar-refractivity contribution is 0.302. The Morgan fingerprint density at radius 1 is 1.19 bits per heavy atom. The number of nitrogens with zero attached hydrogens (tertiary/aromatic N) is 3. The van der Waals surface area contributed by atoms with Crippen LogP contribution in [-0.4, -0.2) is 24.4 Å². The molecule has 110 valence electrons. The Morgan fingerprint density at radius 2 is 1.95 bits per heavy atom. The molecule has 0 saturated heterocycles. The molecule has 8 heteroatoms. The van der Waals surface area contributed by atoms with Gasteiger partial charge < -0.3 is 0 Å². The van der Waals surface area contributed by atoms with Crippen molar-refractivity contribution in [2.75, 3.05) is 0 Å². The Bertz CT molecular complexity index is 778. The molecule has 0 bridgehead atoms. The van der Waals surface area contributed by atoms with Gasteiger partial charge in [0, 0.05) is 0 Å². The summed E-state index contributed by atoms with van der Waals surface area (Å²) in [6.07, 6.45) is 2.11. The molecule has 0 saturated carbocycles. The molecule has 2 aromatic rings. The lowest BCUT2D eigenvalue weighted by atomic mass is 9.99. The first-order valence-corrected chi connectivity index (χ1v) is 7.86. The van der Waals surface area contributed by atoms with E-state index in [0.29, 0.717) is 23.5 Å². The highest BCUT2D eigenvalue weighted by atomic mass is 32.2. The van der Waals surface area contributed by atoms with Crippen LogP contribution in [0.1, 0.15) is 29.8 Å². The molecule has 0 aliphatic heterocycles. The second kappa shape index (κ2) is 5.28. The highest BCUT2D eigenvalue weighted by Gasteiger charge is 2.23. The molecule has 7 nitrogen and oxygen atoms in total. The molecule has 0 amide bonds. The largest absolute Gasteiger partial charge is 0.358 e. The standard InChI is InChI=1S/C13H13N3O4S/c1-9-5-7-10(8-6-9)21(17,18)20-15-12-4-2-3-11-13(12)16-19-14-11/h5-8H,2-4H2,1H3/b15-12+. The van der Waals surface area contributed by atoms with Crippen molar-refractivity contribution in [1.82, 2.24) is 10.3 Å². The third-order valence-electron chi connectivity index (χ3n) is 3.21. The highest BCUT2D eigenvalue weighted by molar-refractivity contribution is 7.86. The van der Waals surface area contributed by atoms with Gasteiger partial charge in [-0.2, -0.15) is 8.42 Å². The molecule has 21 heavy (non-hydrogen) atoms. The lowest BCUT2D eigenvalue weighted by Crippen LogP contribution is -2.13. The molecule has 0 unspecified atom stereocenters. The van der Waals surface area contributed by atoms with E-state index >= 15 is 0 Å². The van der Waals surface area contributed by atoms with E-state index in [2.05, 4.69) is 20.1 Å². The number of benzene rings is 1. The van der Waals surface area contributed by atoms with Crippen LogP contribution in [0.4, 0.5) is 0 Å². The van der Waals surface area contributed by atoms with Crippen LogP contribution < -0.4 is 0 Å². The molecule has 0 atom stereocenters. The summed E-state index contributed by atoms with van der Waals surface area (Å²) in [6, 6.07) is 6.36. The number of aryl methyl sites for hydroxylation is 2. The van der Waals surface area contributed by atoms with Crippen LogP contribution in [-0.2, 0) is 20.8 Å². The van der Waals surface area contributed by atoms with E-state index in [4.69, 9.17) is 4.28 Å². The summed E-state index contributed by atoms with van der Waals surface area (Å²) >= 11 is 0. The van der Waals surface area contributed by atoms with E-state index in [0.717, 1.165) is 18.4 Å². The van der Waals surface area contributed by atoms with Gasteiger partial charge in [-0.05, 0) is 43.5 Å². The summed E-state index contributed by atoms with van der Waals surface area (Å²) in [5.74, 6) is 0. The topological polar surface area (TPSA) is 94.7 Å². The van der Waals surface area contributed by atoms with Crippen LogP contribution in [0.3, 0.4) is 0 Å². The zero-order valence-corrected chi connectivity index (χ0v) is 12.1. The number of hydrogen-bond acceptors (Lipinski definition) is 7. The fourth-order valence-corrected chi connectivity index (χ4v) is 2.81. The van der Waals surface area contributed by atoms with Crippen molar-refractivity contribution in [2.45, 2.75) is 31.1 Å². The van der Waals surface area contributed by atoms with Gasteiger partial charge in [-0.1, -0.05) is 28.0 Å². The number of rotatable bonds is 3. The fraction of sp³-hybridized carbons (Fsp3) is 0.308. The summed E-state index contributed by atoms with van der Waals surface area (Å²) in [5, 5.41) is 11.2. The second-order valence-corrected chi connectivity index (χ2v) is 6.32. The first-order chi connectivity index (χ1) is 10.1. The Kier molecular flexibility index (Phi) is 3.46. The Morgan fingerprint density at radius 3 is 2.71 bits per heavy atom. The van der Waals surface area contributed by atoms with Gasteiger partial charge in [-0.15, -0.1) is 0 Å². The van der Waals surface area contributed by atoms with Gasteiger partial charge in [0.1, 0.15) is 16.3 Å². The quantitative estimate of drug-likeness (QED) is 0.803. The summed E-state index contributed by atoms with van der Waals surface area (Å²) < 4.78 is 33.5. The molecular formula is C13H13N3O4S. The number of hydrogen-bond donors (Lipinski definition) is 0. The minimum atomic E-state index is -3.93. The average molecular weight is 307 g/mol. The van der Waals surface area contributed by atoms with Crippen LogP contribution in [0, 0.1) is 6.92 Å². The van der Waals surface area contributed by atoms with Crippen molar-refractivity contribution in [2.24, 2.45) is 5.16 Å². The molecule has 1 aliphatic carbocycles. The Balaban J connectivity index is 1.85. The van der Waals surface area contributed by atoms with Crippen molar-refractivity contribution in [3.63, 3.8) is 0 Å². The van der Waals surface area contributed by atoms with Crippen molar-refractivity contribution in [3.8, 4) is 0 Å². The lowest BCUT2D eigenvalue weighted by Gasteiger charge is -2.09. The predicted octanol–water partition coefficient (Wildman–Crippen LogP) is 1.82. The van der Waals surface area contributed by atoms with Gasteiger partial charge >= 0.3 is 10.1 Å². The van der Waals surface area contributed by atoms with Crippen LogP contribution >= 0.6 is 0 Å². The van der Waals surface area contributed by atoms with E-state index in [-0.39, 0.29) is 4.90 Å². The van der Waals surface area contributed by atoms with Crippen molar-refractivity contribution in [1.29, 1.82) is 0 Å². The normalized spacial score (nSPS) is 16.7. The van der Waals surface area contributed by atoms with E-state index in [1.807, 2.05) is 6.92 Å². The van der Waals surface area contributed by atoms with E-state index in [9.17, 15) is 8.42 Å². The third kappa shape index (κ3) is 2.80. The maximum atomic E-state index is 12.0. The molecule has 0 fully saturated rings. The van der Waals surface area contributed by atoms with Crippen LogP contribution in [0.2, 0.25) is 0 Å². The van der Waals surface area contributed by atoms with Gasteiger partial charge in [-0.25, -0.2) is 4.63 Å². The molecule has 1 aromatic carbocycles. The van der Waals surface area contributed by atoms with Gasteiger partial charge in [0.15, 0.2) is 5.69 Å². The van der Waals surface area contributed by atoms with Gasteiger partial charge in [0.05, 0.1) is 0 Å². The summed E-state index contributed by atoms with van der Waals surface area (Å²) in [6.45, 7) is 1.87. The third-order valence-corrected chi connectivity index (χ3v) is 4.33. The van der Waals surface area contributed by atoms with Crippen LogP contribution in [0.25, 0.3) is 0 Å². The van der Waals surface area contributed by atoms with Crippen molar-refractivity contribution in [3.05, 3.63) is 41.2 Å². The summed E-state index contributed by atoms with van der Waals surface area (Å²) in [7, 11) is -3.93. The second-order valence-electron chi connectivity index (χ2n) is 4.79. The molecular weight excluding hydrogens is 294 g/mol. The monoisotopic (exact) mass is 307 g/mol. The van der Waals surface area contributed by atoms with Gasteiger partial charge in [0.2, 0.25) is 0 Å². The zero-order chi connectivity index (χ0) is 14.9. The summed E-state index contributed by atoms with van der Waals surface area (Å²) in [5.41, 5.74) is 2.55. The van der Waals surface area contributed by atoms with E-state index < -0.39 is 10.1 Å². The molecule has 3 rings (SSSR count). The molecule has 1 aromatic heterocycles. The molecule has 0 spiro atoms. The average Bonchev–Trinajstić information content (AvgIpc) is 2.94. The van der Waals surface area contributed by atoms with Gasteiger partial charge in [0.25, 0.3) is 0 Å². The molecule has 1 heterocycles. The summed E-state index contributed by atoms with van der Waals surface area (Å²) in [4.78, 5) is 0.0618. The highest BCUT2D eigenvalue weighted by Crippen LogP contribution is 2.20. The van der Waals surface area contributed by atoms with Crippen molar-refractivity contribution < 1.29 is 17.3 Å². The van der Waals surface area contributed by atoms with Crippen LogP contribution in [0.5, 0.6) is 0 Å². The number of aromatic nitrogens is 2. The van der Waals surface area contributed by atoms with Crippen LogP contribution in [0.15, 0.2) is 38.9 Å². The van der Waals surface area contributed by atoms with Gasteiger partial charge in [-0.3, -0.25) is 4.28 Å². The molecule has 0 radical (unpaired) electrons. The fourth-order valence-electron chi connectivity index (χ4n) is 2.06. The van der Waals surface area contributed by atoms with E-state index in [1.165, 1.54) is 12.1 Å². The predicted molar refractivity (Wildman–Crippen MR) is 73.2 cm³/mol. The number of oxime groups is 1. The smallest absolute Gasteiger partial charge is 0.264 e. The Hall–Kier alpha value is -2.22. The van der Waals surface area contributed by atoms with E-state index in [1.54, 1.807) is 12.1 Å². The minimum absolute atomic E-state index is 0.0618. The molecule has 0 N–H and O–H groups in total. The molecule has 1 aliphatic rings. The minimum Gasteiger partial charge on any atom is -0.264 e. The Labute approximate surface area is 121 Å². The SMILES string of the molecule is Cc1ccc(S(=O)(=O)O/N=C2\CCCc3nonc32)cc1. The van der Waals surface area contributed by atoms with Crippen molar-refractivity contribution >= 4 is 15.8 Å². The first-order valence-electron chi connectivity index (χ1n) is 6.45. The maximum absolute atomic E-state index is 12.0. The zero-order valence-electron chi connectivity index (χ0n) is 11.3. The first kappa shape index (κ1) is 13.7.